The summed E-state index contributed by atoms with van der Waals surface area (Å²) in [5.74, 6) is 4.24. The minimum atomic E-state index is -3.39. The third kappa shape index (κ3) is 6.60. The van der Waals surface area contributed by atoms with Gasteiger partial charge in [0.15, 0.2) is 17.3 Å². The first-order chi connectivity index (χ1) is 18.6. The Morgan fingerprint density at radius 2 is 1.79 bits per heavy atom. The molecule has 0 bridgehead atoms. The van der Waals surface area contributed by atoms with Crippen molar-refractivity contribution in [3.8, 4) is 11.5 Å². The summed E-state index contributed by atoms with van der Waals surface area (Å²) in [5.41, 5.74) is 3.51. The molecule has 2 aliphatic carbocycles. The van der Waals surface area contributed by atoms with Crippen molar-refractivity contribution in [2.24, 2.45) is 17.8 Å². The summed E-state index contributed by atoms with van der Waals surface area (Å²) in [7, 11) is -3.39. The van der Waals surface area contributed by atoms with Crippen molar-refractivity contribution >= 4 is 27.0 Å². The molecular weight excluding hydrogens is 510 g/mol. The van der Waals surface area contributed by atoms with E-state index in [2.05, 4.69) is 54.4 Å². The average molecular weight is 554 g/mol. The van der Waals surface area contributed by atoms with Crippen LogP contribution in [0.15, 0.2) is 18.3 Å². The number of sulfonamides is 1. The van der Waals surface area contributed by atoms with E-state index in [1.54, 1.807) is 0 Å². The molecule has 0 amide bonds. The summed E-state index contributed by atoms with van der Waals surface area (Å²) in [4.78, 5) is 19.4. The molecule has 3 aromatic rings. The Labute approximate surface area is 232 Å². The van der Waals surface area contributed by atoms with Gasteiger partial charge in [0, 0.05) is 18.8 Å². The van der Waals surface area contributed by atoms with E-state index in [1.165, 1.54) is 50.5 Å². The first kappa shape index (κ1) is 28.0. The Hall–Kier alpha value is -2.59. The zero-order valence-corrected chi connectivity index (χ0v) is 24.8. The van der Waals surface area contributed by atoms with E-state index < -0.39 is 10.0 Å². The normalized spacial score (nSPS) is 21.3. The summed E-state index contributed by atoms with van der Waals surface area (Å²) < 4.78 is 28.5. The van der Waals surface area contributed by atoms with E-state index in [0.717, 1.165) is 41.6 Å². The standard InChI is InChI=1S/C29H43N7O2S/c1-18(2)23-13-14-30-24(15-23)29-35-28-26(36(29)17-21-11-9-19(3)10-12-21)27(32-20(4)22-7-6-8-22)33-25(34-28)16-31-39(5,37)38/h13-15,18-22,31H,6-12,16-17H2,1-5H3,(H,32,33,34)/t19-,20-,21-/m1/s1. The van der Waals surface area contributed by atoms with E-state index in [9.17, 15) is 8.42 Å². The molecule has 9 nitrogen and oxygen atoms in total. The highest BCUT2D eigenvalue weighted by molar-refractivity contribution is 7.88. The molecule has 5 rings (SSSR count). The Morgan fingerprint density at radius 3 is 2.44 bits per heavy atom. The van der Waals surface area contributed by atoms with Crippen molar-refractivity contribution in [3.63, 3.8) is 0 Å². The summed E-state index contributed by atoms with van der Waals surface area (Å²) in [6, 6.07) is 4.44. The summed E-state index contributed by atoms with van der Waals surface area (Å²) in [6.45, 7) is 9.78. The van der Waals surface area contributed by atoms with Crippen LogP contribution >= 0.6 is 0 Å². The molecule has 0 spiro atoms. The zero-order chi connectivity index (χ0) is 27.7. The number of aromatic nitrogens is 5. The van der Waals surface area contributed by atoms with Crippen LogP contribution in [0.2, 0.25) is 0 Å². The van der Waals surface area contributed by atoms with Gasteiger partial charge in [0.1, 0.15) is 17.0 Å². The Balaban J connectivity index is 1.64. The zero-order valence-electron chi connectivity index (χ0n) is 23.9. The minimum absolute atomic E-state index is 0.0189. The predicted octanol–water partition coefficient (Wildman–Crippen LogP) is 5.49. The number of fused-ring (bicyclic) bond motifs is 1. The van der Waals surface area contributed by atoms with Gasteiger partial charge in [-0.1, -0.05) is 40.0 Å². The molecule has 3 aromatic heterocycles. The first-order valence-corrected chi connectivity index (χ1v) is 16.4. The molecule has 2 saturated carbocycles. The second kappa shape index (κ2) is 11.5. The lowest BCUT2D eigenvalue weighted by Crippen LogP contribution is -2.32. The number of nitrogens with zero attached hydrogens (tertiary/aromatic N) is 5. The molecule has 0 saturated heterocycles. The minimum Gasteiger partial charge on any atom is -0.365 e. The van der Waals surface area contributed by atoms with Gasteiger partial charge in [-0.25, -0.2) is 28.1 Å². The fraction of sp³-hybridized carbons (Fsp3) is 0.655. The molecule has 2 N–H and O–H groups in total. The molecule has 0 unspecified atom stereocenters. The van der Waals surface area contributed by atoms with Gasteiger partial charge in [-0.3, -0.25) is 4.98 Å². The van der Waals surface area contributed by atoms with E-state index in [1.807, 2.05) is 6.20 Å². The number of anilines is 1. The van der Waals surface area contributed by atoms with Crippen LogP contribution in [-0.4, -0.2) is 45.2 Å². The summed E-state index contributed by atoms with van der Waals surface area (Å²) >= 11 is 0. The van der Waals surface area contributed by atoms with Gasteiger partial charge < -0.3 is 9.88 Å². The fourth-order valence-corrected chi connectivity index (χ4v) is 6.19. The van der Waals surface area contributed by atoms with Crippen molar-refractivity contribution in [2.75, 3.05) is 11.6 Å². The maximum absolute atomic E-state index is 11.8. The van der Waals surface area contributed by atoms with E-state index in [4.69, 9.17) is 19.9 Å². The van der Waals surface area contributed by atoms with E-state index in [-0.39, 0.29) is 12.6 Å². The Morgan fingerprint density at radius 1 is 1.05 bits per heavy atom. The van der Waals surface area contributed by atoms with Crippen molar-refractivity contribution in [3.05, 3.63) is 29.7 Å². The van der Waals surface area contributed by atoms with Crippen LogP contribution < -0.4 is 10.0 Å². The second-order valence-electron chi connectivity index (χ2n) is 12.2. The van der Waals surface area contributed by atoms with Crippen LogP contribution in [-0.2, 0) is 23.1 Å². The lowest BCUT2D eigenvalue weighted by Gasteiger charge is -2.32. The third-order valence-electron chi connectivity index (χ3n) is 8.62. The molecule has 212 valence electrons. The van der Waals surface area contributed by atoms with Crippen LogP contribution in [0.25, 0.3) is 22.7 Å². The Bertz CT molecular complexity index is 1410. The van der Waals surface area contributed by atoms with E-state index in [0.29, 0.717) is 29.2 Å². The van der Waals surface area contributed by atoms with Gasteiger partial charge >= 0.3 is 0 Å². The molecule has 2 fully saturated rings. The smallest absolute Gasteiger partial charge is 0.209 e. The first-order valence-electron chi connectivity index (χ1n) is 14.5. The maximum atomic E-state index is 11.8. The summed E-state index contributed by atoms with van der Waals surface area (Å²) in [6.07, 6.45) is 11.6. The van der Waals surface area contributed by atoms with E-state index >= 15 is 0 Å². The highest BCUT2D eigenvalue weighted by Crippen LogP contribution is 2.36. The predicted molar refractivity (Wildman–Crippen MR) is 156 cm³/mol. The average Bonchev–Trinajstić information content (AvgIpc) is 3.21. The number of nitrogens with one attached hydrogen (secondary N) is 2. The topological polar surface area (TPSA) is 115 Å². The molecule has 39 heavy (non-hydrogen) atoms. The van der Waals surface area contributed by atoms with Gasteiger partial charge in [0.25, 0.3) is 0 Å². The van der Waals surface area contributed by atoms with Crippen molar-refractivity contribution in [1.29, 1.82) is 0 Å². The van der Waals surface area contributed by atoms with Gasteiger partial charge in [-0.15, -0.1) is 0 Å². The molecule has 2 aliphatic rings. The molecule has 0 aliphatic heterocycles. The monoisotopic (exact) mass is 553 g/mol. The second-order valence-corrected chi connectivity index (χ2v) is 14.0. The number of pyridine rings is 1. The molecule has 0 aromatic carbocycles. The van der Waals surface area contributed by atoms with Crippen LogP contribution in [0.3, 0.4) is 0 Å². The van der Waals surface area contributed by atoms with Crippen LogP contribution in [0.5, 0.6) is 0 Å². The molecule has 1 atom stereocenters. The van der Waals surface area contributed by atoms with Gasteiger partial charge in [0.05, 0.1) is 12.8 Å². The SMILES string of the molecule is CC(C)c1ccnc(-c2nc3nc(CNS(C)(=O)=O)nc(N[C@H](C)C4CCC4)c3n2C[C@H]2CC[C@H](C)CC2)c1. The summed E-state index contributed by atoms with van der Waals surface area (Å²) in [5, 5.41) is 3.69. The lowest BCUT2D eigenvalue weighted by molar-refractivity contribution is 0.267. The third-order valence-corrected chi connectivity index (χ3v) is 9.29. The van der Waals surface area contributed by atoms with Gasteiger partial charge in [0.2, 0.25) is 10.0 Å². The highest BCUT2D eigenvalue weighted by atomic mass is 32.2. The van der Waals surface area contributed by atoms with Crippen molar-refractivity contribution in [2.45, 2.75) is 97.7 Å². The molecule has 10 heteroatoms. The molecular formula is C29H43N7O2S. The lowest BCUT2D eigenvalue weighted by atomic mass is 9.80. The van der Waals surface area contributed by atoms with Gasteiger partial charge in [-0.05, 0) is 74.0 Å². The van der Waals surface area contributed by atoms with Crippen LogP contribution in [0.4, 0.5) is 5.82 Å². The Kier molecular flexibility index (Phi) is 8.24. The fourth-order valence-electron chi connectivity index (χ4n) is 5.80. The van der Waals surface area contributed by atoms with Gasteiger partial charge in [-0.2, -0.15) is 0 Å². The number of hydrogen-bond donors (Lipinski definition) is 2. The van der Waals surface area contributed by atoms with Crippen molar-refractivity contribution in [1.82, 2.24) is 29.2 Å². The van der Waals surface area contributed by atoms with Crippen LogP contribution in [0.1, 0.15) is 89.9 Å². The quantitative estimate of drug-likeness (QED) is 0.341. The maximum Gasteiger partial charge on any atom is 0.209 e. The number of rotatable bonds is 10. The number of imidazole rings is 1. The number of hydrogen-bond acceptors (Lipinski definition) is 7. The largest absolute Gasteiger partial charge is 0.365 e. The van der Waals surface area contributed by atoms with Crippen LogP contribution in [0, 0.1) is 17.8 Å². The molecule has 0 radical (unpaired) electrons. The molecule has 3 heterocycles. The van der Waals surface area contributed by atoms with Crippen molar-refractivity contribution < 1.29 is 8.42 Å². The highest BCUT2D eigenvalue weighted by Gasteiger charge is 2.28.